The smallest absolute Gasteiger partial charge is 0.305 e. The molecular formula is C27H25N5O4S2. The Bertz CT molecular complexity index is 1500. The first-order chi connectivity index (χ1) is 18.4. The number of nitrogens with zero attached hydrogens (tertiary/aromatic N) is 2. The molecule has 0 bridgehead atoms. The molecule has 0 aliphatic rings. The van der Waals surface area contributed by atoms with Gasteiger partial charge in [-0.2, -0.15) is 0 Å². The van der Waals surface area contributed by atoms with E-state index in [1.54, 1.807) is 61.1 Å². The van der Waals surface area contributed by atoms with Crippen LogP contribution in [0.25, 0.3) is 5.52 Å². The van der Waals surface area contributed by atoms with E-state index in [0.29, 0.717) is 21.9 Å². The first kappa shape index (κ1) is 26.8. The summed E-state index contributed by atoms with van der Waals surface area (Å²) in [5.41, 5.74) is 2.36. The molecule has 4 rings (SSSR count). The molecule has 0 fully saturated rings. The molecule has 3 aromatic heterocycles. The molecule has 4 aromatic rings. The fraction of sp³-hybridized carbons (Fsp3) is 0.148. The monoisotopic (exact) mass is 547 g/mol. The van der Waals surface area contributed by atoms with Crippen molar-refractivity contribution in [3.63, 3.8) is 0 Å². The summed E-state index contributed by atoms with van der Waals surface area (Å²) < 4.78 is 2.03. The van der Waals surface area contributed by atoms with Gasteiger partial charge in [0.2, 0.25) is 0 Å². The predicted molar refractivity (Wildman–Crippen MR) is 154 cm³/mol. The van der Waals surface area contributed by atoms with E-state index in [4.69, 9.17) is 12.2 Å². The third kappa shape index (κ3) is 7.17. The fourth-order valence-corrected chi connectivity index (χ4v) is 4.71. The van der Waals surface area contributed by atoms with Gasteiger partial charge in [0, 0.05) is 30.4 Å². The molecule has 11 heteroatoms. The highest BCUT2D eigenvalue weighted by Gasteiger charge is 2.21. The van der Waals surface area contributed by atoms with Crippen LogP contribution >= 0.6 is 24.0 Å². The summed E-state index contributed by atoms with van der Waals surface area (Å²) in [6.07, 6.45) is 4.70. The van der Waals surface area contributed by atoms with E-state index < -0.39 is 23.5 Å². The van der Waals surface area contributed by atoms with Gasteiger partial charge in [-0.15, -0.1) is 0 Å². The van der Waals surface area contributed by atoms with Crippen LogP contribution in [0.15, 0.2) is 90.1 Å². The number of carboxylic acids is 1. The standard InChI is InChI=1S/C27H25N5O4S2/c33-24(34)16-23(18-5-2-1-3-6-18)31-25(35)22-9-8-21-15-19(10-13-32(21)26(22)36)29-12-14-38-27(37)30-20-7-4-11-28-17-20/h1-11,13,15,17,23,29H,12,14,16H2,(H,30,37)(H,31,35)(H,33,34). The van der Waals surface area contributed by atoms with Gasteiger partial charge in [0.25, 0.3) is 11.5 Å². The molecule has 1 amide bonds. The number of thioether (sulfide) groups is 1. The summed E-state index contributed by atoms with van der Waals surface area (Å²) >= 11 is 6.85. The zero-order valence-electron chi connectivity index (χ0n) is 20.2. The Labute approximate surface area is 228 Å². The summed E-state index contributed by atoms with van der Waals surface area (Å²) in [6, 6.07) is 18.5. The minimum Gasteiger partial charge on any atom is -0.481 e. The summed E-state index contributed by atoms with van der Waals surface area (Å²) in [6.45, 7) is 0.644. The van der Waals surface area contributed by atoms with Crippen LogP contribution in [0.1, 0.15) is 28.4 Å². The van der Waals surface area contributed by atoms with Gasteiger partial charge >= 0.3 is 5.97 Å². The van der Waals surface area contributed by atoms with Crippen molar-refractivity contribution in [1.82, 2.24) is 14.7 Å². The van der Waals surface area contributed by atoms with Gasteiger partial charge in [-0.3, -0.25) is 23.8 Å². The number of fused-ring (bicyclic) bond motifs is 1. The van der Waals surface area contributed by atoms with Gasteiger partial charge < -0.3 is 21.1 Å². The minimum atomic E-state index is -1.06. The molecule has 1 atom stereocenters. The van der Waals surface area contributed by atoms with Crippen LogP contribution in [-0.4, -0.2) is 43.0 Å². The van der Waals surface area contributed by atoms with Gasteiger partial charge in [0.15, 0.2) is 0 Å². The summed E-state index contributed by atoms with van der Waals surface area (Å²) in [5.74, 6) is -0.962. The van der Waals surface area contributed by atoms with E-state index in [9.17, 15) is 19.5 Å². The van der Waals surface area contributed by atoms with E-state index in [0.717, 1.165) is 17.1 Å². The molecule has 0 aliphatic carbocycles. The van der Waals surface area contributed by atoms with Crippen molar-refractivity contribution in [3.8, 4) is 0 Å². The maximum Gasteiger partial charge on any atom is 0.305 e. The highest BCUT2D eigenvalue weighted by atomic mass is 32.2. The molecule has 9 nitrogen and oxygen atoms in total. The molecule has 0 saturated carbocycles. The summed E-state index contributed by atoms with van der Waals surface area (Å²) in [5, 5.41) is 18.4. The van der Waals surface area contributed by atoms with Crippen molar-refractivity contribution in [2.24, 2.45) is 0 Å². The largest absolute Gasteiger partial charge is 0.481 e. The highest BCUT2D eigenvalue weighted by Crippen LogP contribution is 2.18. The number of rotatable bonds is 10. The number of hydrogen-bond acceptors (Lipinski definition) is 7. The number of benzene rings is 1. The lowest BCUT2D eigenvalue weighted by atomic mass is 10.0. The molecule has 0 aliphatic heterocycles. The molecule has 0 saturated heterocycles. The van der Waals surface area contributed by atoms with Crippen LogP contribution in [0.4, 0.5) is 11.4 Å². The molecule has 1 aromatic carbocycles. The highest BCUT2D eigenvalue weighted by molar-refractivity contribution is 8.23. The number of aliphatic carboxylic acids is 1. The minimum absolute atomic E-state index is 0.0689. The number of carbonyl (C=O) groups excluding carboxylic acids is 1. The SMILES string of the molecule is O=C(O)CC(NC(=O)c1ccc2cc(NCCSC(=S)Nc3cccnc3)ccn2c1=O)c1ccccc1. The maximum atomic E-state index is 13.0. The molecule has 38 heavy (non-hydrogen) atoms. The number of carbonyl (C=O) groups is 2. The van der Waals surface area contributed by atoms with Crippen LogP contribution in [-0.2, 0) is 4.79 Å². The molecule has 3 heterocycles. The lowest BCUT2D eigenvalue weighted by Gasteiger charge is -2.17. The second-order valence-corrected chi connectivity index (χ2v) is 10.00. The van der Waals surface area contributed by atoms with Crippen molar-refractivity contribution in [1.29, 1.82) is 0 Å². The number of aromatic nitrogens is 2. The molecule has 0 radical (unpaired) electrons. The number of amides is 1. The number of carboxylic acid groups (broad SMARTS) is 1. The zero-order valence-corrected chi connectivity index (χ0v) is 21.8. The number of pyridine rings is 3. The fourth-order valence-electron chi connectivity index (χ4n) is 3.76. The van der Waals surface area contributed by atoms with Crippen molar-refractivity contribution in [2.75, 3.05) is 22.9 Å². The topological polar surface area (TPSA) is 125 Å². The normalized spacial score (nSPS) is 11.5. The molecular weight excluding hydrogens is 522 g/mol. The van der Waals surface area contributed by atoms with Crippen LogP contribution in [0.3, 0.4) is 0 Å². The second-order valence-electron chi connectivity index (χ2n) is 8.23. The van der Waals surface area contributed by atoms with E-state index in [1.807, 2.05) is 18.2 Å². The average Bonchev–Trinajstić information content (AvgIpc) is 2.91. The molecule has 4 N–H and O–H groups in total. The lowest BCUT2D eigenvalue weighted by Crippen LogP contribution is -2.34. The number of hydrogen-bond donors (Lipinski definition) is 4. The van der Waals surface area contributed by atoms with Crippen LogP contribution in [0.2, 0.25) is 0 Å². The van der Waals surface area contributed by atoms with Crippen LogP contribution < -0.4 is 21.5 Å². The number of nitrogens with one attached hydrogen (secondary N) is 3. The molecule has 194 valence electrons. The van der Waals surface area contributed by atoms with E-state index in [2.05, 4.69) is 20.9 Å². The third-order valence-corrected chi connectivity index (χ3v) is 6.79. The summed E-state index contributed by atoms with van der Waals surface area (Å²) in [4.78, 5) is 41.4. The van der Waals surface area contributed by atoms with Crippen LogP contribution in [0.5, 0.6) is 0 Å². The Kier molecular flexibility index (Phi) is 9.07. The Morgan fingerprint density at radius 2 is 1.87 bits per heavy atom. The van der Waals surface area contributed by atoms with Crippen molar-refractivity contribution in [3.05, 3.63) is 107 Å². The maximum absolute atomic E-state index is 13.0. The number of thiocarbonyl (C=S) groups is 1. The molecule has 0 spiro atoms. The Morgan fingerprint density at radius 1 is 1.05 bits per heavy atom. The van der Waals surface area contributed by atoms with Gasteiger partial charge in [-0.25, -0.2) is 0 Å². The Hall–Kier alpha value is -4.22. The Morgan fingerprint density at radius 3 is 2.61 bits per heavy atom. The second kappa shape index (κ2) is 12.8. The third-order valence-electron chi connectivity index (χ3n) is 5.56. The quantitative estimate of drug-likeness (QED) is 0.171. The van der Waals surface area contributed by atoms with Gasteiger partial charge in [0.1, 0.15) is 9.88 Å². The predicted octanol–water partition coefficient (Wildman–Crippen LogP) is 4.18. The average molecular weight is 548 g/mol. The van der Waals surface area contributed by atoms with Gasteiger partial charge in [0.05, 0.1) is 29.9 Å². The first-order valence-corrected chi connectivity index (χ1v) is 13.1. The lowest BCUT2D eigenvalue weighted by molar-refractivity contribution is -0.137. The summed E-state index contributed by atoms with van der Waals surface area (Å²) in [7, 11) is 0. The van der Waals surface area contributed by atoms with Crippen molar-refractivity contribution in [2.45, 2.75) is 12.5 Å². The van der Waals surface area contributed by atoms with Gasteiger partial charge in [-0.05, 0) is 42.0 Å². The van der Waals surface area contributed by atoms with E-state index in [-0.39, 0.29) is 12.0 Å². The van der Waals surface area contributed by atoms with Crippen molar-refractivity contribution < 1.29 is 14.7 Å². The van der Waals surface area contributed by atoms with Crippen molar-refractivity contribution >= 4 is 57.1 Å². The Balaban J connectivity index is 1.38. The first-order valence-electron chi connectivity index (χ1n) is 11.7. The van der Waals surface area contributed by atoms with Crippen LogP contribution in [0, 0.1) is 0 Å². The van der Waals surface area contributed by atoms with Gasteiger partial charge in [-0.1, -0.05) is 54.3 Å². The van der Waals surface area contributed by atoms with E-state index >= 15 is 0 Å². The zero-order chi connectivity index (χ0) is 26.9. The molecule has 1 unspecified atom stereocenters. The number of anilines is 2. The van der Waals surface area contributed by atoms with E-state index in [1.165, 1.54) is 22.2 Å².